The highest BCUT2D eigenvalue weighted by Crippen LogP contribution is 2.29. The van der Waals surface area contributed by atoms with Crippen molar-refractivity contribution in [3.63, 3.8) is 0 Å². The zero-order chi connectivity index (χ0) is 18.5. The van der Waals surface area contributed by atoms with Gasteiger partial charge in [0.2, 0.25) is 5.88 Å². The molecule has 138 valence electrons. The average molecular weight is 362 g/mol. The van der Waals surface area contributed by atoms with Crippen molar-refractivity contribution in [1.29, 1.82) is 0 Å². The van der Waals surface area contributed by atoms with E-state index in [4.69, 9.17) is 10.5 Å². The van der Waals surface area contributed by atoms with Crippen LogP contribution < -0.4 is 21.1 Å². The van der Waals surface area contributed by atoms with E-state index >= 15 is 0 Å². The maximum absolute atomic E-state index is 6.03. The summed E-state index contributed by atoms with van der Waals surface area (Å²) in [5, 5.41) is 6.89. The Labute approximate surface area is 158 Å². The maximum atomic E-state index is 6.03. The van der Waals surface area contributed by atoms with Gasteiger partial charge >= 0.3 is 0 Å². The number of benzene rings is 1. The van der Waals surface area contributed by atoms with Crippen LogP contribution in [0.25, 0.3) is 11.4 Å². The molecule has 4 N–H and O–H groups in total. The number of rotatable bonds is 6. The molecule has 0 radical (unpaired) electrons. The maximum Gasteiger partial charge on any atom is 0.246 e. The molecule has 0 unspecified atom stereocenters. The van der Waals surface area contributed by atoms with Gasteiger partial charge in [0.15, 0.2) is 5.82 Å². The van der Waals surface area contributed by atoms with Gasteiger partial charge in [-0.3, -0.25) is 4.98 Å². The Balaban J connectivity index is 1.61. The van der Waals surface area contributed by atoms with Gasteiger partial charge in [0.25, 0.3) is 0 Å². The summed E-state index contributed by atoms with van der Waals surface area (Å²) in [7, 11) is 0. The molecule has 1 aromatic carbocycles. The third kappa shape index (κ3) is 4.32. The normalized spacial score (nSPS) is 16.2. The quantitative estimate of drug-likeness (QED) is 0.580. The first-order valence-electron chi connectivity index (χ1n) is 9.06. The first-order chi connectivity index (χ1) is 13.3. The summed E-state index contributed by atoms with van der Waals surface area (Å²) in [4.78, 5) is 13.2. The number of nitrogen functional groups attached to an aromatic ring is 1. The Morgan fingerprint density at radius 1 is 1.19 bits per heavy atom. The van der Waals surface area contributed by atoms with E-state index in [1.807, 2.05) is 24.3 Å². The number of nitrogens with two attached hydrogens (primary N) is 1. The lowest BCUT2D eigenvalue weighted by molar-refractivity contribution is 0.464. The number of ether oxygens (including phenoxy) is 1. The van der Waals surface area contributed by atoms with Gasteiger partial charge in [0.05, 0.1) is 6.20 Å². The summed E-state index contributed by atoms with van der Waals surface area (Å²) in [5.74, 6) is 1.71. The highest BCUT2D eigenvalue weighted by atomic mass is 16.5. The van der Waals surface area contributed by atoms with Crippen LogP contribution in [-0.2, 0) is 0 Å². The fourth-order valence-corrected chi connectivity index (χ4v) is 3.01. The Morgan fingerprint density at radius 3 is 2.81 bits per heavy atom. The van der Waals surface area contributed by atoms with Crippen LogP contribution in [0.5, 0.6) is 11.6 Å². The molecule has 0 amide bonds. The molecule has 3 aromatic rings. The second-order valence-electron chi connectivity index (χ2n) is 6.50. The lowest BCUT2D eigenvalue weighted by Crippen LogP contribution is -2.29. The zero-order valence-electron chi connectivity index (χ0n) is 14.9. The number of nitrogens with zero attached hydrogens (tertiary/aromatic N) is 3. The minimum absolute atomic E-state index is 0.451. The van der Waals surface area contributed by atoms with Gasteiger partial charge in [-0.25, -0.2) is 4.98 Å². The van der Waals surface area contributed by atoms with Gasteiger partial charge in [-0.2, -0.15) is 4.98 Å². The molecule has 0 saturated carbocycles. The lowest BCUT2D eigenvalue weighted by Gasteiger charge is -2.16. The molecule has 0 aliphatic carbocycles. The molecule has 1 aliphatic rings. The first kappa shape index (κ1) is 17.2. The second kappa shape index (κ2) is 8.01. The van der Waals surface area contributed by atoms with Gasteiger partial charge in [-0.1, -0.05) is 0 Å². The van der Waals surface area contributed by atoms with Crippen LogP contribution >= 0.6 is 0 Å². The molecule has 2 aromatic heterocycles. The summed E-state index contributed by atoms with van der Waals surface area (Å²) in [6.07, 6.45) is 7.59. The second-order valence-corrected chi connectivity index (χ2v) is 6.50. The molecular weight excluding hydrogens is 340 g/mol. The Morgan fingerprint density at radius 2 is 2.07 bits per heavy atom. The highest BCUT2D eigenvalue weighted by molar-refractivity contribution is 5.60. The molecule has 3 heterocycles. The van der Waals surface area contributed by atoms with E-state index in [1.165, 1.54) is 6.42 Å². The number of nitrogens with one attached hydrogen (secondary N) is 2. The molecule has 1 fully saturated rings. The molecule has 1 aliphatic heterocycles. The minimum Gasteiger partial charge on any atom is -0.437 e. The first-order valence-corrected chi connectivity index (χ1v) is 9.06. The minimum atomic E-state index is 0.451. The van der Waals surface area contributed by atoms with Gasteiger partial charge in [0.1, 0.15) is 11.4 Å². The summed E-state index contributed by atoms with van der Waals surface area (Å²) in [6, 6.07) is 11.5. The van der Waals surface area contributed by atoms with E-state index in [-0.39, 0.29) is 0 Å². The van der Waals surface area contributed by atoms with Crippen LogP contribution in [0.4, 0.5) is 11.4 Å². The smallest absolute Gasteiger partial charge is 0.246 e. The van der Waals surface area contributed by atoms with Crippen LogP contribution in [0.3, 0.4) is 0 Å². The van der Waals surface area contributed by atoms with E-state index in [0.29, 0.717) is 29.2 Å². The zero-order valence-corrected chi connectivity index (χ0v) is 14.9. The van der Waals surface area contributed by atoms with Gasteiger partial charge in [-0.05, 0) is 55.8 Å². The fourth-order valence-electron chi connectivity index (χ4n) is 3.01. The third-order valence-electron chi connectivity index (χ3n) is 4.47. The van der Waals surface area contributed by atoms with Crippen LogP contribution in [0.1, 0.15) is 12.8 Å². The van der Waals surface area contributed by atoms with E-state index in [9.17, 15) is 0 Å². The van der Waals surface area contributed by atoms with Crippen molar-refractivity contribution >= 4 is 11.4 Å². The van der Waals surface area contributed by atoms with E-state index in [1.54, 1.807) is 30.7 Å². The molecule has 7 heteroatoms. The van der Waals surface area contributed by atoms with Gasteiger partial charge in [0, 0.05) is 36.2 Å². The largest absolute Gasteiger partial charge is 0.437 e. The highest BCUT2D eigenvalue weighted by Gasteiger charge is 2.16. The fraction of sp³-hybridized carbons (Fsp3) is 0.250. The number of pyridine rings is 1. The van der Waals surface area contributed by atoms with Crippen molar-refractivity contribution in [1.82, 2.24) is 20.3 Å². The molecule has 1 atom stereocenters. The SMILES string of the molecule is Nc1ccc(Oc2nc(-c3cccnc3)ncc2NC[C@@H]2CCCN2)cc1. The van der Waals surface area contributed by atoms with Crippen molar-refractivity contribution in [3.8, 4) is 23.0 Å². The van der Waals surface area contributed by atoms with Crippen molar-refractivity contribution < 1.29 is 4.74 Å². The van der Waals surface area contributed by atoms with Crippen molar-refractivity contribution in [2.75, 3.05) is 24.1 Å². The predicted molar refractivity (Wildman–Crippen MR) is 106 cm³/mol. The van der Waals surface area contributed by atoms with Crippen molar-refractivity contribution in [3.05, 3.63) is 55.0 Å². The van der Waals surface area contributed by atoms with E-state index < -0.39 is 0 Å². The third-order valence-corrected chi connectivity index (χ3v) is 4.47. The number of hydrogen-bond donors (Lipinski definition) is 3. The van der Waals surface area contributed by atoms with Crippen LogP contribution in [-0.4, -0.2) is 34.1 Å². The molecule has 0 bridgehead atoms. The van der Waals surface area contributed by atoms with Crippen LogP contribution in [0.2, 0.25) is 0 Å². The monoisotopic (exact) mass is 362 g/mol. The molecule has 27 heavy (non-hydrogen) atoms. The van der Waals surface area contributed by atoms with Crippen molar-refractivity contribution in [2.45, 2.75) is 18.9 Å². The van der Waals surface area contributed by atoms with E-state index in [0.717, 1.165) is 30.8 Å². The summed E-state index contributed by atoms with van der Waals surface area (Å²) >= 11 is 0. The standard InChI is InChI=1S/C20H22N6O/c21-15-5-7-17(8-6-15)27-20-18(24-12-16-4-2-10-23-16)13-25-19(26-20)14-3-1-9-22-11-14/h1,3,5-9,11,13,16,23-24H,2,4,10,12,21H2/t16-/m0/s1. The van der Waals surface area contributed by atoms with Crippen LogP contribution in [0, 0.1) is 0 Å². The Kier molecular flexibility index (Phi) is 5.11. The molecule has 7 nitrogen and oxygen atoms in total. The van der Waals surface area contributed by atoms with Crippen LogP contribution in [0.15, 0.2) is 55.0 Å². The molecule has 1 saturated heterocycles. The predicted octanol–water partition coefficient (Wildman–Crippen LogP) is 3.08. The van der Waals surface area contributed by atoms with Crippen molar-refractivity contribution in [2.24, 2.45) is 0 Å². The molecule has 0 spiro atoms. The summed E-state index contributed by atoms with van der Waals surface area (Å²) in [6.45, 7) is 1.87. The summed E-state index contributed by atoms with van der Waals surface area (Å²) in [5.41, 5.74) is 8.04. The van der Waals surface area contributed by atoms with Gasteiger partial charge in [-0.15, -0.1) is 0 Å². The number of aromatic nitrogens is 3. The van der Waals surface area contributed by atoms with Gasteiger partial charge < -0.3 is 21.1 Å². The number of hydrogen-bond acceptors (Lipinski definition) is 7. The number of anilines is 2. The summed E-state index contributed by atoms with van der Waals surface area (Å²) < 4.78 is 6.03. The molecule has 4 rings (SSSR count). The Bertz CT molecular complexity index is 879. The molecular formula is C20H22N6O. The van der Waals surface area contributed by atoms with E-state index in [2.05, 4.69) is 25.6 Å². The average Bonchev–Trinajstić information content (AvgIpc) is 3.23. The lowest BCUT2D eigenvalue weighted by atomic mass is 10.2. The Hall–Kier alpha value is -3.19. The topological polar surface area (TPSA) is 98.0 Å².